The van der Waals surface area contributed by atoms with E-state index in [1.807, 2.05) is 113 Å². The highest BCUT2D eigenvalue weighted by Crippen LogP contribution is 2.52. The van der Waals surface area contributed by atoms with E-state index in [9.17, 15) is 89.1 Å². The molecule has 3 aliphatic carbocycles. The molecule has 7 atom stereocenters. The summed E-state index contributed by atoms with van der Waals surface area (Å²) in [4.78, 5) is 103. The number of carbonyl (C=O) groups is 8. The zero-order valence-corrected chi connectivity index (χ0v) is 85.7. The van der Waals surface area contributed by atoms with Gasteiger partial charge in [-0.15, -0.1) is 11.3 Å². The molecule has 786 valence electrons. The molecule has 10 N–H and O–H groups in total. The number of phenols is 1. The van der Waals surface area contributed by atoms with Crippen LogP contribution in [0.1, 0.15) is 152 Å². The van der Waals surface area contributed by atoms with Gasteiger partial charge in [0.1, 0.15) is 93.7 Å². The van der Waals surface area contributed by atoms with Crippen LogP contribution in [0, 0.1) is 59.7 Å². The van der Waals surface area contributed by atoms with Crippen molar-refractivity contribution in [2.45, 2.75) is 165 Å². The number of H-pyrrole nitrogens is 1. The summed E-state index contributed by atoms with van der Waals surface area (Å²) in [6.45, 7) is 14.4. The first kappa shape index (κ1) is 120. The van der Waals surface area contributed by atoms with Gasteiger partial charge < -0.3 is 74.7 Å². The minimum atomic E-state index is -4.02. The molecule has 10 aromatic rings. The molecule has 8 aromatic carbocycles. The molecule has 1 saturated carbocycles. The van der Waals surface area contributed by atoms with Crippen LogP contribution in [0.15, 0.2) is 243 Å². The third kappa shape index (κ3) is 30.8. The summed E-state index contributed by atoms with van der Waals surface area (Å²) in [5.41, 5.74) is 0.996. The van der Waals surface area contributed by atoms with Gasteiger partial charge in [-0.2, -0.15) is 20.8 Å². The van der Waals surface area contributed by atoms with Gasteiger partial charge in [-0.05, 0) is 235 Å². The Labute approximate surface area is 872 Å². The number of Topliss-reactive ketones (excluding diaryl/α,β-unsaturated/α-hetero) is 5. The third-order valence-corrected chi connectivity index (χ3v) is 33.2. The number of aromatic nitrogens is 1. The number of nitrogens with zero attached hydrogens (tertiary/aromatic N) is 1. The molecule has 0 unspecified atom stereocenters. The number of aliphatic carboxylic acids is 1. The van der Waals surface area contributed by atoms with Gasteiger partial charge in [0.15, 0.2) is 32.8 Å². The van der Waals surface area contributed by atoms with E-state index in [0.717, 1.165) is 51.6 Å². The first-order chi connectivity index (χ1) is 68.6. The molecule has 4 heterocycles. The lowest BCUT2D eigenvalue weighted by Crippen LogP contribution is -2.60. The maximum Gasteiger partial charge on any atom is 0.322 e. The highest BCUT2D eigenvalue weighted by molar-refractivity contribution is 8.01. The van der Waals surface area contributed by atoms with Crippen molar-refractivity contribution in [3.63, 3.8) is 0 Å². The number of carboxylic acids is 1. The number of rotatable bonds is 32. The van der Waals surface area contributed by atoms with Crippen LogP contribution in [0.25, 0.3) is 16.7 Å². The number of ether oxygens (including phenoxy) is 6. The van der Waals surface area contributed by atoms with Crippen molar-refractivity contribution in [2.24, 2.45) is 29.1 Å². The molecule has 2 aliphatic heterocycles. The summed E-state index contributed by atoms with van der Waals surface area (Å²) in [6.07, 6.45) is 4.08. The highest BCUT2D eigenvalue weighted by atomic mass is 35.5. The first-order valence-corrected chi connectivity index (χ1v) is 53.1. The number of carbonyl (C=O) groups excluding carboxylic acids is 7. The summed E-state index contributed by atoms with van der Waals surface area (Å²) in [5.74, 6) is 7.41. The second kappa shape index (κ2) is 54.3. The minimum absolute atomic E-state index is 0. The maximum absolute atomic E-state index is 13.2. The number of thiophene rings is 1. The number of hydrogen-bond donors (Lipinski definition) is 10. The van der Waals surface area contributed by atoms with Crippen molar-refractivity contribution in [3.8, 4) is 58.2 Å². The number of allylic oxidation sites excluding steroid dienone is 1. The van der Waals surface area contributed by atoms with E-state index in [-0.39, 0.29) is 140 Å². The Bertz CT molecular complexity index is 6830. The summed E-state index contributed by atoms with van der Waals surface area (Å²) in [7, 11) is -8.35. The molecule has 0 bridgehead atoms. The molecular formula is C110H128ClN5O26S5. The summed E-state index contributed by atoms with van der Waals surface area (Å²) < 4.78 is 114. The molecule has 3 fully saturated rings. The number of thioether (sulfide) groups is 1. The van der Waals surface area contributed by atoms with E-state index in [2.05, 4.69) is 44.0 Å². The van der Waals surface area contributed by atoms with Crippen molar-refractivity contribution in [1.29, 1.82) is 0 Å². The summed E-state index contributed by atoms with van der Waals surface area (Å²) in [6, 6.07) is 56.6. The fourth-order valence-corrected chi connectivity index (χ4v) is 24.9. The van der Waals surface area contributed by atoms with E-state index < -0.39 is 110 Å². The number of fused-ring (bicyclic) bond motifs is 4. The van der Waals surface area contributed by atoms with Gasteiger partial charge in [0.2, 0.25) is 27.6 Å². The van der Waals surface area contributed by atoms with Crippen LogP contribution >= 0.6 is 34.7 Å². The fourth-order valence-electron chi connectivity index (χ4n) is 17.4. The smallest absolute Gasteiger partial charge is 0.322 e. The molecule has 0 spiro atoms. The zero-order chi connectivity index (χ0) is 104. The van der Waals surface area contributed by atoms with Crippen LogP contribution in [0.2, 0.25) is 5.02 Å². The number of amides is 2. The van der Waals surface area contributed by atoms with E-state index in [4.69, 9.17) is 45.1 Å². The van der Waals surface area contributed by atoms with E-state index in [0.29, 0.717) is 115 Å². The van der Waals surface area contributed by atoms with Crippen LogP contribution in [0.3, 0.4) is 0 Å². The average molecular weight is 2130 g/mol. The van der Waals surface area contributed by atoms with Crippen LogP contribution in [0.5, 0.6) is 34.5 Å². The number of nitrogens with one attached hydrogen (secondary N) is 4. The van der Waals surface area contributed by atoms with Gasteiger partial charge in [-0.1, -0.05) is 138 Å². The van der Waals surface area contributed by atoms with Crippen molar-refractivity contribution >= 4 is 128 Å². The number of para-hydroxylation sites is 2. The number of sulfonamides is 2. The monoisotopic (exact) mass is 2130 g/mol. The Morgan fingerprint density at radius 1 is 0.707 bits per heavy atom. The van der Waals surface area contributed by atoms with Crippen molar-refractivity contribution < 1.29 is 123 Å². The molecule has 37 heteroatoms. The standard InChI is InChI=1S/C24H20N2O4S2.C24H31NO5.C21H23ClO5S.C20H18O7.C18H24N2O5S2.3CH4/c1-16-6-8-17(9-7-16)10-11-19-12-13-23(31-19)32(29,30)26-22(24(27)28)14-18-15-25-21-5-3-2-4-20(18)21;1-4-28-17-29-16-19(14-18(2)24(27)25-3)15-23(26)20-10-12-22(13-11-20)30-21-8-6-5-7-9-21;1-2-20(23)21(11-13-26-14-12-21)15-28(24,25)19-9-7-18(8-10-19)27-17-5-3-16(22)4-6-17;1-8(21)14-13(23)7-11-6-10-5-9-3-2-4-12(22)15(9)17(24)16(10)19(26)20(11,27)18(14)25;1-18(2)16(17(22)19-3)20(10-13-26-18)27(23,24)15-8-6-14(7-9-15)25-12-5-4-11-21;;;/h2-9,12-13,15,22,25-26H,14H2,1H3,(H,27,28);5-13,18-19H,4,14-17H2,1-3H3,(H,25,27);3-10H,2,11-15H2,1H3;2-4,10-11,22,24-25,27H,5-7H2,1H3;6-9,16,21H,10-13H2,1-3H3,(H,19,22);3*1H4/t22-;18-,19+;;10-,11-,20+;16-;;;/m10.01.../s1. The molecule has 2 amide bonds. The van der Waals surface area contributed by atoms with Gasteiger partial charge in [0.05, 0.1) is 32.6 Å². The second-order valence-electron chi connectivity index (χ2n) is 35.2. The number of aryl methyl sites for hydroxylation is 1. The fraction of sp³-hybridized carbons (Fsp3) is 0.364. The largest absolute Gasteiger partial charge is 0.508 e. The molecule has 147 heavy (non-hydrogen) atoms. The van der Waals surface area contributed by atoms with Crippen molar-refractivity contribution in [3.05, 3.63) is 273 Å². The Kier molecular flexibility index (Phi) is 44.2. The van der Waals surface area contributed by atoms with E-state index in [1.54, 1.807) is 123 Å². The zero-order valence-electron chi connectivity index (χ0n) is 80.8. The third-order valence-electron chi connectivity index (χ3n) is 24.8. The number of aromatic hydroxyl groups is 1. The number of ketones is 5. The number of aliphatic hydroxyl groups excluding tert-OH is 3. The van der Waals surface area contributed by atoms with Gasteiger partial charge >= 0.3 is 5.97 Å². The number of benzene rings is 8. The number of phenolic OH excluding ortho intramolecular Hbond substituents is 1. The number of aliphatic hydroxyl groups is 4. The summed E-state index contributed by atoms with van der Waals surface area (Å²) >= 11 is 8.44. The molecule has 2 aromatic heterocycles. The number of likely N-dealkylation sites (N-methyl/N-ethyl adjacent to an activating group) is 1. The maximum atomic E-state index is 13.2. The van der Waals surface area contributed by atoms with Crippen molar-refractivity contribution in [2.75, 3.05) is 78.6 Å². The molecule has 2 saturated heterocycles. The lowest BCUT2D eigenvalue weighted by Gasteiger charge is -2.46. The van der Waals surface area contributed by atoms with Crippen LogP contribution in [-0.4, -0.2) is 213 Å². The molecule has 0 radical (unpaired) electrons. The number of halogens is 1. The predicted molar refractivity (Wildman–Crippen MR) is 567 cm³/mol. The minimum Gasteiger partial charge on any atom is -0.508 e. The number of carboxylic acid groups (broad SMARTS) is 1. The van der Waals surface area contributed by atoms with Gasteiger partial charge in [0.25, 0.3) is 10.0 Å². The van der Waals surface area contributed by atoms with Crippen LogP contribution in [-0.2, 0) is 90.5 Å². The normalized spacial score (nSPS) is 17.5. The molecular weight excluding hydrogens is 2000 g/mol. The van der Waals surface area contributed by atoms with Gasteiger partial charge in [0, 0.05) is 133 Å². The Morgan fingerprint density at radius 3 is 1.93 bits per heavy atom. The van der Waals surface area contributed by atoms with Gasteiger partial charge in [-0.3, -0.25) is 38.4 Å². The molecule has 5 aliphatic rings. The molecule has 31 nitrogen and oxygen atoms in total. The highest BCUT2D eigenvalue weighted by Gasteiger charge is 2.60. The SMILES string of the molecule is C.C.C.CC(=O)C1=C(O)[C@@]2(O)C(=O)C3=C(O)c4c(O)cccc4C[C@H]3C[C@H]2CC1=O.CCC(=O)C1(CS(=O)(=O)c2ccc(Oc3ccc(Cl)cc3)cc2)CCOCC1.CCOCOC[C@@H](CC(=O)c1ccc(Oc2ccccc2)cc1)C[C@H](C)C(=O)NC.CNC(=O)[C@H]1N(S(=O)(=O)c2ccc(OCC#CCO)cc2)CCSC1(C)C.Cc1ccc(C#Cc2ccc(S(=O)(=O)N[C@H](Cc3c[nH]c4ccccc34)C(=O)O)s2)cc1. The lowest BCUT2D eigenvalue weighted by atomic mass is 9.59. The van der Waals surface area contributed by atoms with Crippen molar-refractivity contribution in [1.82, 2.24) is 24.6 Å². The number of aromatic amines is 1. The number of sulfone groups is 1. The van der Waals surface area contributed by atoms with E-state index in [1.165, 1.54) is 47.8 Å². The van der Waals surface area contributed by atoms with Crippen LogP contribution in [0.4, 0.5) is 0 Å². The average Bonchev–Trinajstić information content (AvgIpc) is 1.11. The van der Waals surface area contributed by atoms with Gasteiger partial charge in [-0.25, -0.2) is 25.3 Å². The van der Waals surface area contributed by atoms with Crippen LogP contribution < -0.4 is 29.6 Å². The topological polar surface area (TPSA) is 471 Å². The molecule has 15 rings (SSSR count). The predicted octanol–water partition coefficient (Wildman–Crippen LogP) is 17.2. The summed E-state index contributed by atoms with van der Waals surface area (Å²) in [5, 5.41) is 67.2. The first-order valence-electron chi connectivity index (χ1n) is 46.4. The Balaban J connectivity index is 0.000000223. The quantitative estimate of drug-likeness (QED) is 0.00615. The number of hydrogen-bond acceptors (Lipinski definition) is 27. The Morgan fingerprint density at radius 2 is 1.32 bits per heavy atom. The van der Waals surface area contributed by atoms with E-state index >= 15 is 0 Å². The Hall–Kier alpha value is -12.6. The second-order valence-corrected chi connectivity index (χ2v) is 44.3. The lowest BCUT2D eigenvalue weighted by molar-refractivity contribution is -0.147.